The number of amides is 1. The number of likely N-dealkylation sites (tertiary alicyclic amines) is 1. The summed E-state index contributed by atoms with van der Waals surface area (Å²) in [6, 6.07) is 0. The Morgan fingerprint density at radius 1 is 0.957 bits per heavy atom. The van der Waals surface area contributed by atoms with Crippen molar-refractivity contribution in [3.8, 4) is 0 Å². The number of hydrogen-bond donors (Lipinski definition) is 1. The van der Waals surface area contributed by atoms with Gasteiger partial charge < -0.3 is 14.9 Å². The molecule has 2 heterocycles. The first-order valence-corrected chi connectivity index (χ1v) is 9.27. The van der Waals surface area contributed by atoms with E-state index in [0.717, 1.165) is 52.4 Å². The molecular weight excluding hydrogens is 290 g/mol. The molecule has 0 saturated carbocycles. The van der Waals surface area contributed by atoms with Crippen molar-refractivity contribution >= 4 is 5.91 Å². The van der Waals surface area contributed by atoms with Crippen LogP contribution < -0.4 is 0 Å². The van der Waals surface area contributed by atoms with Gasteiger partial charge in [0.1, 0.15) is 0 Å². The summed E-state index contributed by atoms with van der Waals surface area (Å²) in [5.41, 5.74) is -0.0575. The second kappa shape index (κ2) is 8.45. The van der Waals surface area contributed by atoms with E-state index in [0.29, 0.717) is 12.3 Å². The Kier molecular flexibility index (Phi) is 6.86. The van der Waals surface area contributed by atoms with Crippen LogP contribution in [0.1, 0.15) is 46.5 Å². The van der Waals surface area contributed by atoms with E-state index < -0.39 is 0 Å². The third kappa shape index (κ3) is 6.05. The zero-order valence-electron chi connectivity index (χ0n) is 15.3. The van der Waals surface area contributed by atoms with Crippen LogP contribution in [0.3, 0.4) is 0 Å². The lowest BCUT2D eigenvalue weighted by Gasteiger charge is -2.38. The predicted molar refractivity (Wildman–Crippen MR) is 93.4 cm³/mol. The highest BCUT2D eigenvalue weighted by atomic mass is 16.3. The van der Waals surface area contributed by atoms with Crippen LogP contribution in [0.25, 0.3) is 0 Å². The van der Waals surface area contributed by atoms with E-state index in [-0.39, 0.29) is 11.5 Å². The zero-order valence-corrected chi connectivity index (χ0v) is 15.3. The van der Waals surface area contributed by atoms with Crippen LogP contribution in [-0.2, 0) is 4.79 Å². The average molecular weight is 325 g/mol. The first-order valence-electron chi connectivity index (χ1n) is 9.27. The standard InChI is InChI=1S/C18H35N3O2/c1-18(2,3)16(22)15-20-13-11-19(12-14-20)10-7-17(23)21-8-5-4-6-9-21/h16,22H,4-15H2,1-3H3. The molecule has 1 N–H and O–H groups in total. The monoisotopic (exact) mass is 325 g/mol. The second-order valence-electron chi connectivity index (χ2n) is 8.22. The van der Waals surface area contributed by atoms with E-state index in [1.807, 2.05) is 4.90 Å². The van der Waals surface area contributed by atoms with Gasteiger partial charge in [0, 0.05) is 58.8 Å². The number of nitrogens with zero attached hydrogens (tertiary/aromatic N) is 3. The van der Waals surface area contributed by atoms with Gasteiger partial charge in [0.15, 0.2) is 0 Å². The van der Waals surface area contributed by atoms with Crippen molar-refractivity contribution in [3.63, 3.8) is 0 Å². The van der Waals surface area contributed by atoms with E-state index >= 15 is 0 Å². The van der Waals surface area contributed by atoms with Gasteiger partial charge in [-0.2, -0.15) is 0 Å². The molecule has 2 fully saturated rings. The minimum atomic E-state index is -0.283. The number of piperidine rings is 1. The van der Waals surface area contributed by atoms with E-state index in [4.69, 9.17) is 0 Å². The van der Waals surface area contributed by atoms with Gasteiger partial charge >= 0.3 is 0 Å². The lowest BCUT2D eigenvalue weighted by molar-refractivity contribution is -0.132. The van der Waals surface area contributed by atoms with Crippen LogP contribution in [0.4, 0.5) is 0 Å². The number of rotatable bonds is 5. The molecule has 1 unspecified atom stereocenters. The molecule has 1 amide bonds. The van der Waals surface area contributed by atoms with E-state index in [9.17, 15) is 9.90 Å². The van der Waals surface area contributed by atoms with Crippen LogP contribution in [0, 0.1) is 5.41 Å². The maximum Gasteiger partial charge on any atom is 0.223 e. The molecule has 134 valence electrons. The predicted octanol–water partition coefficient (Wildman–Crippen LogP) is 1.41. The average Bonchev–Trinajstić information content (AvgIpc) is 2.54. The highest BCUT2D eigenvalue weighted by Crippen LogP contribution is 2.20. The molecule has 2 rings (SSSR count). The Bertz CT molecular complexity index is 367. The lowest BCUT2D eigenvalue weighted by atomic mass is 9.89. The Balaban J connectivity index is 1.63. The van der Waals surface area contributed by atoms with Crippen molar-refractivity contribution < 1.29 is 9.90 Å². The van der Waals surface area contributed by atoms with Crippen molar-refractivity contribution in [3.05, 3.63) is 0 Å². The molecule has 2 aliphatic rings. The van der Waals surface area contributed by atoms with Gasteiger partial charge in [0.2, 0.25) is 5.91 Å². The van der Waals surface area contributed by atoms with Gasteiger partial charge in [-0.05, 0) is 24.7 Å². The largest absolute Gasteiger partial charge is 0.391 e. The molecule has 1 atom stereocenters. The molecule has 0 bridgehead atoms. The number of piperazine rings is 1. The third-order valence-corrected chi connectivity index (χ3v) is 5.25. The number of β-amino-alcohol motifs (C(OH)–C–C–N with tert-alkyl or cyclic N) is 1. The van der Waals surface area contributed by atoms with Gasteiger partial charge in [-0.15, -0.1) is 0 Å². The van der Waals surface area contributed by atoms with Crippen LogP contribution in [0.15, 0.2) is 0 Å². The number of hydrogen-bond acceptors (Lipinski definition) is 4. The number of carbonyl (C=O) groups excluding carboxylic acids is 1. The number of carbonyl (C=O) groups is 1. The normalized spacial score (nSPS) is 23.0. The molecule has 0 aromatic rings. The molecule has 5 nitrogen and oxygen atoms in total. The van der Waals surface area contributed by atoms with Crippen LogP contribution >= 0.6 is 0 Å². The Hall–Kier alpha value is -0.650. The maximum absolute atomic E-state index is 12.2. The van der Waals surface area contributed by atoms with Crippen molar-refractivity contribution in [2.75, 3.05) is 52.4 Å². The van der Waals surface area contributed by atoms with Crippen molar-refractivity contribution in [2.24, 2.45) is 5.41 Å². The van der Waals surface area contributed by atoms with Crippen molar-refractivity contribution in [2.45, 2.75) is 52.6 Å². The van der Waals surface area contributed by atoms with E-state index in [1.165, 1.54) is 19.3 Å². The van der Waals surface area contributed by atoms with Crippen molar-refractivity contribution in [1.29, 1.82) is 0 Å². The molecule has 5 heteroatoms. The molecule has 23 heavy (non-hydrogen) atoms. The van der Waals surface area contributed by atoms with Gasteiger partial charge in [0.25, 0.3) is 0 Å². The van der Waals surface area contributed by atoms with Gasteiger partial charge in [0.05, 0.1) is 6.10 Å². The second-order valence-corrected chi connectivity index (χ2v) is 8.22. The van der Waals surface area contributed by atoms with Gasteiger partial charge in [-0.3, -0.25) is 9.69 Å². The van der Waals surface area contributed by atoms with Crippen LogP contribution in [0.5, 0.6) is 0 Å². The minimum absolute atomic E-state index is 0.0575. The summed E-state index contributed by atoms with van der Waals surface area (Å²) in [5, 5.41) is 10.2. The molecule has 0 radical (unpaired) electrons. The Morgan fingerprint density at radius 2 is 1.52 bits per heavy atom. The van der Waals surface area contributed by atoms with Crippen LogP contribution in [-0.4, -0.2) is 84.2 Å². The van der Waals surface area contributed by atoms with Crippen molar-refractivity contribution in [1.82, 2.24) is 14.7 Å². The third-order valence-electron chi connectivity index (χ3n) is 5.25. The fourth-order valence-corrected chi connectivity index (χ4v) is 3.27. The molecule has 0 spiro atoms. The Labute approximate surface area is 141 Å². The first kappa shape index (κ1) is 18.7. The molecule has 2 aliphatic heterocycles. The minimum Gasteiger partial charge on any atom is -0.391 e. The lowest BCUT2D eigenvalue weighted by Crippen LogP contribution is -2.50. The fourth-order valence-electron chi connectivity index (χ4n) is 3.27. The zero-order chi connectivity index (χ0) is 16.9. The summed E-state index contributed by atoms with van der Waals surface area (Å²) in [4.78, 5) is 19.0. The summed E-state index contributed by atoms with van der Waals surface area (Å²) < 4.78 is 0. The summed E-state index contributed by atoms with van der Waals surface area (Å²) in [5.74, 6) is 0.329. The van der Waals surface area contributed by atoms with E-state index in [1.54, 1.807) is 0 Å². The smallest absolute Gasteiger partial charge is 0.223 e. The SMILES string of the molecule is CC(C)(C)C(O)CN1CCN(CCC(=O)N2CCCCC2)CC1. The molecule has 2 saturated heterocycles. The number of aliphatic hydroxyl groups excluding tert-OH is 1. The maximum atomic E-state index is 12.2. The van der Waals surface area contributed by atoms with Gasteiger partial charge in [-0.1, -0.05) is 20.8 Å². The Morgan fingerprint density at radius 3 is 2.09 bits per heavy atom. The van der Waals surface area contributed by atoms with Gasteiger partial charge in [-0.25, -0.2) is 0 Å². The highest BCUT2D eigenvalue weighted by Gasteiger charge is 2.26. The fraction of sp³-hybridized carbons (Fsp3) is 0.944. The summed E-state index contributed by atoms with van der Waals surface area (Å²) in [7, 11) is 0. The number of aliphatic hydroxyl groups is 1. The summed E-state index contributed by atoms with van der Waals surface area (Å²) in [6.07, 6.45) is 3.98. The summed E-state index contributed by atoms with van der Waals surface area (Å²) in [6.45, 7) is 13.8. The van der Waals surface area contributed by atoms with Crippen LogP contribution in [0.2, 0.25) is 0 Å². The quantitative estimate of drug-likeness (QED) is 0.830. The summed E-state index contributed by atoms with van der Waals surface area (Å²) >= 11 is 0. The highest BCUT2D eigenvalue weighted by molar-refractivity contribution is 5.76. The molecule has 0 aromatic carbocycles. The molecular formula is C18H35N3O2. The first-order chi connectivity index (χ1) is 10.9. The molecule has 0 aromatic heterocycles. The molecule has 0 aliphatic carbocycles. The topological polar surface area (TPSA) is 47.0 Å². The van der Waals surface area contributed by atoms with E-state index in [2.05, 4.69) is 30.6 Å².